The Bertz CT molecular complexity index is 448. The van der Waals surface area contributed by atoms with Crippen LogP contribution < -0.4 is 4.74 Å². The molecule has 0 radical (unpaired) electrons. The molecule has 1 aromatic rings. The fraction of sp³-hybridized carbons (Fsp3) is 0.583. The number of urea groups is 1. The van der Waals surface area contributed by atoms with Crippen molar-refractivity contribution < 1.29 is 9.53 Å². The zero-order chi connectivity index (χ0) is 13.1. The van der Waals surface area contributed by atoms with E-state index in [1.807, 2.05) is 4.90 Å². The van der Waals surface area contributed by atoms with Gasteiger partial charge in [0.2, 0.25) is 5.88 Å². The van der Waals surface area contributed by atoms with E-state index in [1.54, 1.807) is 26.1 Å². The molecule has 1 aromatic heterocycles. The number of hydrogen-bond acceptors (Lipinski definition) is 4. The number of hydrogen-bond donors (Lipinski definition) is 0. The first-order valence-corrected chi connectivity index (χ1v) is 5.96. The van der Waals surface area contributed by atoms with E-state index in [0.717, 1.165) is 24.1 Å². The van der Waals surface area contributed by atoms with Gasteiger partial charge in [-0.3, -0.25) is 0 Å². The molecule has 2 amide bonds. The zero-order valence-corrected chi connectivity index (χ0v) is 11.0. The molecule has 2 heterocycles. The van der Waals surface area contributed by atoms with E-state index in [0.29, 0.717) is 19.0 Å². The predicted octanol–water partition coefficient (Wildman–Crippen LogP) is 0.567. The highest BCUT2D eigenvalue weighted by Crippen LogP contribution is 2.21. The number of aromatic nitrogens is 2. The van der Waals surface area contributed by atoms with Crippen LogP contribution in [-0.2, 0) is 12.8 Å². The van der Waals surface area contributed by atoms with Crippen molar-refractivity contribution in [2.24, 2.45) is 0 Å². The highest BCUT2D eigenvalue weighted by Gasteiger charge is 2.22. The third-order valence-electron chi connectivity index (χ3n) is 3.09. The summed E-state index contributed by atoms with van der Waals surface area (Å²) in [4.78, 5) is 23.8. The Labute approximate surface area is 107 Å². The first-order valence-electron chi connectivity index (χ1n) is 5.96. The average molecular weight is 250 g/mol. The van der Waals surface area contributed by atoms with E-state index in [1.165, 1.54) is 6.33 Å². The molecule has 6 nitrogen and oxygen atoms in total. The van der Waals surface area contributed by atoms with Gasteiger partial charge in [0.05, 0.1) is 12.8 Å². The van der Waals surface area contributed by atoms with E-state index in [9.17, 15) is 4.79 Å². The van der Waals surface area contributed by atoms with Gasteiger partial charge < -0.3 is 14.5 Å². The largest absolute Gasteiger partial charge is 0.481 e. The van der Waals surface area contributed by atoms with Crippen LogP contribution in [0, 0.1) is 0 Å². The molecular weight excluding hydrogens is 232 g/mol. The predicted molar refractivity (Wildman–Crippen MR) is 66.6 cm³/mol. The summed E-state index contributed by atoms with van der Waals surface area (Å²) in [5.41, 5.74) is 2.00. The van der Waals surface area contributed by atoms with Gasteiger partial charge in [-0.05, 0) is 6.42 Å². The van der Waals surface area contributed by atoms with Gasteiger partial charge in [0.25, 0.3) is 0 Å². The second-order valence-electron chi connectivity index (χ2n) is 4.47. The SMILES string of the molecule is COc1ncnc2c1CCN(C(=O)N(C)C)CC2. The lowest BCUT2D eigenvalue weighted by atomic mass is 10.1. The van der Waals surface area contributed by atoms with Crippen molar-refractivity contribution in [3.05, 3.63) is 17.6 Å². The van der Waals surface area contributed by atoms with Crippen LogP contribution in [0.1, 0.15) is 11.3 Å². The molecule has 0 N–H and O–H groups in total. The van der Waals surface area contributed by atoms with Crippen molar-refractivity contribution in [1.82, 2.24) is 19.8 Å². The van der Waals surface area contributed by atoms with E-state index >= 15 is 0 Å². The van der Waals surface area contributed by atoms with Crippen LogP contribution in [0.3, 0.4) is 0 Å². The molecule has 0 aromatic carbocycles. The molecule has 18 heavy (non-hydrogen) atoms. The molecule has 0 aliphatic carbocycles. The van der Waals surface area contributed by atoms with Gasteiger partial charge in [0.1, 0.15) is 6.33 Å². The minimum absolute atomic E-state index is 0.0368. The van der Waals surface area contributed by atoms with E-state index < -0.39 is 0 Å². The Balaban J connectivity index is 2.19. The fourth-order valence-corrected chi connectivity index (χ4v) is 2.15. The summed E-state index contributed by atoms with van der Waals surface area (Å²) >= 11 is 0. The van der Waals surface area contributed by atoms with Gasteiger partial charge in [-0.15, -0.1) is 0 Å². The second-order valence-corrected chi connectivity index (χ2v) is 4.47. The van der Waals surface area contributed by atoms with Gasteiger partial charge in [-0.2, -0.15) is 0 Å². The van der Waals surface area contributed by atoms with Crippen LogP contribution in [0.4, 0.5) is 4.79 Å². The first-order chi connectivity index (χ1) is 8.63. The minimum atomic E-state index is 0.0368. The molecule has 2 rings (SSSR count). The van der Waals surface area contributed by atoms with Crippen molar-refractivity contribution in [3.63, 3.8) is 0 Å². The smallest absolute Gasteiger partial charge is 0.319 e. The number of amides is 2. The van der Waals surface area contributed by atoms with Crippen LogP contribution >= 0.6 is 0 Å². The molecule has 6 heteroatoms. The van der Waals surface area contributed by atoms with Crippen LogP contribution in [-0.4, -0.2) is 60.1 Å². The molecule has 0 atom stereocenters. The van der Waals surface area contributed by atoms with Gasteiger partial charge in [-0.25, -0.2) is 14.8 Å². The highest BCUT2D eigenvalue weighted by molar-refractivity contribution is 5.74. The normalized spacial score (nSPS) is 14.7. The van der Waals surface area contributed by atoms with Gasteiger partial charge in [0.15, 0.2) is 0 Å². The summed E-state index contributed by atoms with van der Waals surface area (Å²) in [5, 5.41) is 0. The summed E-state index contributed by atoms with van der Waals surface area (Å²) in [5.74, 6) is 0.624. The molecule has 0 unspecified atom stereocenters. The zero-order valence-electron chi connectivity index (χ0n) is 11.0. The summed E-state index contributed by atoms with van der Waals surface area (Å²) in [6.07, 6.45) is 2.99. The van der Waals surface area contributed by atoms with E-state index in [-0.39, 0.29) is 6.03 Å². The third-order valence-corrected chi connectivity index (χ3v) is 3.09. The Morgan fingerprint density at radius 2 is 2.06 bits per heavy atom. The Hall–Kier alpha value is -1.85. The number of carbonyl (C=O) groups excluding carboxylic acids is 1. The third kappa shape index (κ3) is 2.37. The molecule has 98 valence electrons. The molecule has 1 aliphatic rings. The first kappa shape index (κ1) is 12.6. The molecule has 0 fully saturated rings. The monoisotopic (exact) mass is 250 g/mol. The number of fused-ring (bicyclic) bond motifs is 1. The minimum Gasteiger partial charge on any atom is -0.481 e. The lowest BCUT2D eigenvalue weighted by Gasteiger charge is -2.24. The Kier molecular flexibility index (Phi) is 3.64. The summed E-state index contributed by atoms with van der Waals surface area (Å²) in [6, 6.07) is 0.0368. The highest BCUT2D eigenvalue weighted by atomic mass is 16.5. The van der Waals surface area contributed by atoms with Gasteiger partial charge in [0, 0.05) is 39.2 Å². The summed E-state index contributed by atoms with van der Waals surface area (Å²) < 4.78 is 5.25. The molecule has 0 bridgehead atoms. The Morgan fingerprint density at radius 3 is 2.72 bits per heavy atom. The van der Waals surface area contributed by atoms with Gasteiger partial charge >= 0.3 is 6.03 Å². The number of nitrogens with zero attached hydrogens (tertiary/aromatic N) is 4. The molecular formula is C12H18N4O2. The summed E-state index contributed by atoms with van der Waals surface area (Å²) in [7, 11) is 5.14. The second kappa shape index (κ2) is 5.20. The fourth-order valence-electron chi connectivity index (χ4n) is 2.15. The number of carbonyl (C=O) groups is 1. The van der Waals surface area contributed by atoms with E-state index in [2.05, 4.69) is 9.97 Å². The van der Waals surface area contributed by atoms with Crippen molar-refractivity contribution in [2.75, 3.05) is 34.3 Å². The number of ether oxygens (including phenoxy) is 1. The van der Waals surface area contributed by atoms with Crippen molar-refractivity contribution in [2.45, 2.75) is 12.8 Å². The number of methoxy groups -OCH3 is 1. The lowest BCUT2D eigenvalue weighted by molar-refractivity contribution is 0.173. The Morgan fingerprint density at radius 1 is 1.33 bits per heavy atom. The number of rotatable bonds is 1. The summed E-state index contributed by atoms with van der Waals surface area (Å²) in [6.45, 7) is 1.36. The van der Waals surface area contributed by atoms with Crippen LogP contribution in [0.2, 0.25) is 0 Å². The molecule has 0 spiro atoms. The average Bonchev–Trinajstić information content (AvgIpc) is 2.59. The topological polar surface area (TPSA) is 58.6 Å². The maximum atomic E-state index is 11.9. The molecule has 1 aliphatic heterocycles. The standard InChI is InChI=1S/C12H18N4O2/c1-15(2)12(17)16-6-4-9-10(5-7-16)13-8-14-11(9)18-3/h8H,4-7H2,1-3H3. The van der Waals surface area contributed by atoms with Crippen molar-refractivity contribution >= 4 is 6.03 Å². The van der Waals surface area contributed by atoms with Crippen molar-refractivity contribution in [1.29, 1.82) is 0 Å². The van der Waals surface area contributed by atoms with Crippen LogP contribution in [0.5, 0.6) is 5.88 Å². The maximum Gasteiger partial charge on any atom is 0.319 e. The van der Waals surface area contributed by atoms with E-state index in [4.69, 9.17) is 4.74 Å². The lowest BCUT2D eigenvalue weighted by Crippen LogP contribution is -2.40. The van der Waals surface area contributed by atoms with Crippen LogP contribution in [0.15, 0.2) is 6.33 Å². The van der Waals surface area contributed by atoms with Crippen LogP contribution in [0.25, 0.3) is 0 Å². The van der Waals surface area contributed by atoms with Gasteiger partial charge in [-0.1, -0.05) is 0 Å². The quantitative estimate of drug-likeness (QED) is 0.731. The maximum absolute atomic E-state index is 11.9. The molecule has 0 saturated carbocycles. The molecule has 0 saturated heterocycles. The van der Waals surface area contributed by atoms with Crippen molar-refractivity contribution in [3.8, 4) is 5.88 Å².